The van der Waals surface area contributed by atoms with Gasteiger partial charge in [0.15, 0.2) is 5.03 Å². The first-order valence-electron chi connectivity index (χ1n) is 6.23. The highest BCUT2D eigenvalue weighted by molar-refractivity contribution is 7.89. The van der Waals surface area contributed by atoms with Crippen molar-refractivity contribution in [1.29, 1.82) is 0 Å². The van der Waals surface area contributed by atoms with Gasteiger partial charge in [-0.1, -0.05) is 0 Å². The van der Waals surface area contributed by atoms with Crippen LogP contribution >= 0.6 is 0 Å². The summed E-state index contributed by atoms with van der Waals surface area (Å²) in [7, 11) is -1.94. The van der Waals surface area contributed by atoms with E-state index in [1.807, 2.05) is 12.3 Å². The summed E-state index contributed by atoms with van der Waals surface area (Å²) in [6, 6.07) is 5.19. The Balaban J connectivity index is 1.94. The van der Waals surface area contributed by atoms with Gasteiger partial charge < -0.3 is 5.32 Å². The third-order valence-electron chi connectivity index (χ3n) is 2.71. The molecule has 0 bridgehead atoms. The third-order valence-corrected chi connectivity index (χ3v) is 4.13. The summed E-state index contributed by atoms with van der Waals surface area (Å²) in [6.45, 7) is 0.999. The van der Waals surface area contributed by atoms with Gasteiger partial charge in [0.1, 0.15) is 0 Å². The van der Waals surface area contributed by atoms with Crippen molar-refractivity contribution in [1.82, 2.24) is 19.5 Å². The number of rotatable bonds is 7. The number of nitrogens with one attached hydrogen (secondary N) is 2. The molecule has 2 aromatic heterocycles. The molecule has 7 nitrogen and oxygen atoms in total. The van der Waals surface area contributed by atoms with Crippen LogP contribution in [0.15, 0.2) is 41.8 Å². The van der Waals surface area contributed by atoms with Gasteiger partial charge >= 0.3 is 0 Å². The van der Waals surface area contributed by atoms with E-state index < -0.39 is 10.0 Å². The molecule has 0 radical (unpaired) electrons. The molecule has 0 aromatic carbocycles. The largest absolute Gasteiger partial charge is 0.386 e. The van der Waals surface area contributed by atoms with Crippen LogP contribution in [0.25, 0.3) is 0 Å². The second kappa shape index (κ2) is 6.49. The van der Waals surface area contributed by atoms with Crippen LogP contribution in [0.4, 0.5) is 5.69 Å². The maximum Gasteiger partial charge on any atom is 0.260 e. The van der Waals surface area contributed by atoms with Gasteiger partial charge in [-0.25, -0.2) is 18.1 Å². The van der Waals surface area contributed by atoms with Crippen LogP contribution in [0.5, 0.6) is 0 Å². The zero-order chi connectivity index (χ0) is 14.4. The fraction of sp³-hybridized carbons (Fsp3) is 0.333. The van der Waals surface area contributed by atoms with Crippen LogP contribution in [0.2, 0.25) is 0 Å². The SMILES string of the molecule is CNc1cccnc1S(=O)(=O)NCCCn1cccn1. The number of hydrogen-bond acceptors (Lipinski definition) is 5. The fourth-order valence-electron chi connectivity index (χ4n) is 1.74. The monoisotopic (exact) mass is 295 g/mol. The van der Waals surface area contributed by atoms with E-state index in [9.17, 15) is 8.42 Å². The summed E-state index contributed by atoms with van der Waals surface area (Å²) in [5.41, 5.74) is 0.479. The lowest BCUT2D eigenvalue weighted by molar-refractivity contribution is 0.551. The third kappa shape index (κ3) is 3.55. The molecule has 2 N–H and O–H groups in total. The molecule has 8 heteroatoms. The first-order chi connectivity index (χ1) is 9.63. The normalized spacial score (nSPS) is 11.4. The van der Waals surface area contributed by atoms with Crippen molar-refractivity contribution in [2.24, 2.45) is 0 Å². The Morgan fingerprint density at radius 2 is 2.15 bits per heavy atom. The second-order valence-electron chi connectivity index (χ2n) is 4.13. The molecule has 0 aliphatic carbocycles. The number of pyridine rings is 1. The van der Waals surface area contributed by atoms with Gasteiger partial charge in [-0.05, 0) is 24.6 Å². The molecule has 20 heavy (non-hydrogen) atoms. The average Bonchev–Trinajstić information content (AvgIpc) is 2.97. The molecule has 0 fully saturated rings. The first kappa shape index (κ1) is 14.5. The smallest absolute Gasteiger partial charge is 0.260 e. The molecular formula is C12H17N5O2S. The van der Waals surface area contributed by atoms with Gasteiger partial charge in [0, 0.05) is 38.7 Å². The van der Waals surface area contributed by atoms with E-state index in [2.05, 4.69) is 20.1 Å². The molecule has 0 spiro atoms. The summed E-state index contributed by atoms with van der Waals surface area (Å²) < 4.78 is 28.6. The minimum absolute atomic E-state index is 0.0154. The number of anilines is 1. The van der Waals surface area contributed by atoms with Gasteiger partial charge in [-0.15, -0.1) is 0 Å². The Kier molecular flexibility index (Phi) is 4.70. The molecule has 108 valence electrons. The molecule has 0 saturated heterocycles. The molecule has 0 saturated carbocycles. The Labute approximate surface area is 118 Å². The van der Waals surface area contributed by atoms with Crippen LogP contribution < -0.4 is 10.0 Å². The predicted molar refractivity (Wildman–Crippen MR) is 75.8 cm³/mol. The average molecular weight is 295 g/mol. The van der Waals surface area contributed by atoms with Crippen LogP contribution in [0.3, 0.4) is 0 Å². The Morgan fingerprint density at radius 3 is 2.85 bits per heavy atom. The van der Waals surface area contributed by atoms with Crippen molar-refractivity contribution in [3.63, 3.8) is 0 Å². The Bertz CT molecular complexity index is 640. The topological polar surface area (TPSA) is 88.9 Å². The molecule has 2 aromatic rings. The van der Waals surface area contributed by atoms with Crippen molar-refractivity contribution >= 4 is 15.7 Å². The van der Waals surface area contributed by atoms with E-state index in [4.69, 9.17) is 0 Å². The number of aryl methyl sites for hydroxylation is 1. The van der Waals surface area contributed by atoms with E-state index in [0.29, 0.717) is 25.2 Å². The zero-order valence-corrected chi connectivity index (χ0v) is 12.0. The standard InChI is InChI=1S/C12H17N5O2S/c1-13-11-5-2-6-14-12(11)20(18,19)16-8-4-10-17-9-3-7-15-17/h2-3,5-7,9,13,16H,4,8,10H2,1H3. The van der Waals surface area contributed by atoms with Crippen LogP contribution in [0.1, 0.15) is 6.42 Å². The number of aromatic nitrogens is 3. The predicted octanol–water partition coefficient (Wildman–Crippen LogP) is 0.688. The Morgan fingerprint density at radius 1 is 1.30 bits per heavy atom. The maximum absolute atomic E-state index is 12.1. The second-order valence-corrected chi connectivity index (χ2v) is 5.81. The Hall–Kier alpha value is -1.93. The number of sulfonamides is 1. The van der Waals surface area contributed by atoms with Crippen LogP contribution in [-0.2, 0) is 16.6 Å². The summed E-state index contributed by atoms with van der Waals surface area (Å²) in [4.78, 5) is 3.92. The van der Waals surface area contributed by atoms with Crippen molar-refractivity contribution in [3.8, 4) is 0 Å². The molecule has 0 atom stereocenters. The van der Waals surface area contributed by atoms with E-state index in [1.165, 1.54) is 6.20 Å². The zero-order valence-electron chi connectivity index (χ0n) is 11.2. The quantitative estimate of drug-likeness (QED) is 0.734. The lowest BCUT2D eigenvalue weighted by Gasteiger charge is -2.09. The lowest BCUT2D eigenvalue weighted by atomic mass is 10.4. The van der Waals surface area contributed by atoms with Crippen molar-refractivity contribution in [3.05, 3.63) is 36.8 Å². The summed E-state index contributed by atoms with van der Waals surface area (Å²) in [5, 5.41) is 6.89. The fourth-order valence-corrected chi connectivity index (χ4v) is 2.95. The first-order valence-corrected chi connectivity index (χ1v) is 7.71. The molecule has 0 unspecified atom stereocenters. The van der Waals surface area contributed by atoms with Gasteiger partial charge in [0.25, 0.3) is 10.0 Å². The number of hydrogen-bond donors (Lipinski definition) is 2. The van der Waals surface area contributed by atoms with Gasteiger partial charge in [-0.2, -0.15) is 5.10 Å². The number of nitrogens with zero attached hydrogens (tertiary/aromatic N) is 3. The summed E-state index contributed by atoms with van der Waals surface area (Å²) in [6.07, 6.45) is 5.64. The van der Waals surface area contributed by atoms with E-state index in [-0.39, 0.29) is 5.03 Å². The molecule has 2 rings (SSSR count). The van der Waals surface area contributed by atoms with Crippen LogP contribution in [-0.4, -0.2) is 36.8 Å². The minimum Gasteiger partial charge on any atom is -0.386 e. The highest BCUT2D eigenvalue weighted by atomic mass is 32.2. The van der Waals surface area contributed by atoms with Crippen molar-refractivity contribution in [2.45, 2.75) is 18.0 Å². The highest BCUT2D eigenvalue weighted by Crippen LogP contribution is 2.16. The molecule has 0 aliphatic heterocycles. The van der Waals surface area contributed by atoms with Gasteiger partial charge in [0.2, 0.25) is 0 Å². The van der Waals surface area contributed by atoms with Crippen molar-refractivity contribution < 1.29 is 8.42 Å². The lowest BCUT2D eigenvalue weighted by Crippen LogP contribution is -2.27. The highest BCUT2D eigenvalue weighted by Gasteiger charge is 2.18. The van der Waals surface area contributed by atoms with E-state index >= 15 is 0 Å². The van der Waals surface area contributed by atoms with Gasteiger partial charge in [-0.3, -0.25) is 4.68 Å². The molecule has 2 heterocycles. The summed E-state index contributed by atoms with van der Waals surface area (Å²) in [5.74, 6) is 0. The molecule has 0 amide bonds. The minimum atomic E-state index is -3.60. The molecular weight excluding hydrogens is 278 g/mol. The molecule has 0 aliphatic rings. The summed E-state index contributed by atoms with van der Waals surface area (Å²) >= 11 is 0. The van der Waals surface area contributed by atoms with E-state index in [0.717, 1.165) is 0 Å². The van der Waals surface area contributed by atoms with E-state index in [1.54, 1.807) is 30.1 Å². The maximum atomic E-state index is 12.1. The van der Waals surface area contributed by atoms with Crippen molar-refractivity contribution in [2.75, 3.05) is 18.9 Å². The van der Waals surface area contributed by atoms with Crippen LogP contribution in [0, 0.1) is 0 Å². The van der Waals surface area contributed by atoms with Gasteiger partial charge in [0.05, 0.1) is 5.69 Å².